The van der Waals surface area contributed by atoms with Crippen molar-refractivity contribution in [2.45, 2.75) is 0 Å². The molecule has 0 atom stereocenters. The van der Waals surface area contributed by atoms with Crippen LogP contribution in [0, 0.1) is 0 Å². The second kappa shape index (κ2) is 5.24. The van der Waals surface area contributed by atoms with Crippen molar-refractivity contribution in [2.24, 2.45) is 0 Å². The third-order valence-corrected chi connectivity index (χ3v) is 4.77. The minimum absolute atomic E-state index is 0.496. The molecule has 0 spiro atoms. The zero-order valence-electron chi connectivity index (χ0n) is 10.5. The number of nitrogen functional groups attached to an aromatic ring is 1. The molecule has 0 saturated carbocycles. The number of nitrogens with two attached hydrogens (primary N) is 1. The molecule has 6 heteroatoms. The summed E-state index contributed by atoms with van der Waals surface area (Å²) in [6.07, 6.45) is 0. The zero-order chi connectivity index (χ0) is 14.3. The Morgan fingerprint density at radius 1 is 1.30 bits per heavy atom. The smallest absolute Gasteiger partial charge is 0.131 e. The summed E-state index contributed by atoms with van der Waals surface area (Å²) >= 11 is 11.2. The van der Waals surface area contributed by atoms with Crippen LogP contribution in [0.2, 0.25) is 5.02 Å². The van der Waals surface area contributed by atoms with E-state index in [9.17, 15) is 0 Å². The molecule has 0 aliphatic carbocycles. The van der Waals surface area contributed by atoms with E-state index < -0.39 is 0 Å². The molecule has 0 aliphatic heterocycles. The van der Waals surface area contributed by atoms with E-state index in [1.54, 1.807) is 30.6 Å². The maximum atomic E-state index is 6.11. The lowest BCUT2D eigenvalue weighted by Crippen LogP contribution is -1.92. The first kappa shape index (κ1) is 13.7. The van der Waals surface area contributed by atoms with Crippen molar-refractivity contribution in [1.82, 2.24) is 4.98 Å². The van der Waals surface area contributed by atoms with Crippen LogP contribution in [0.4, 0.5) is 5.69 Å². The minimum Gasteiger partial charge on any atom is -0.496 e. The topological polar surface area (TPSA) is 48.1 Å². The van der Waals surface area contributed by atoms with Crippen LogP contribution in [0.25, 0.3) is 20.8 Å². The first-order chi connectivity index (χ1) is 9.58. The van der Waals surface area contributed by atoms with E-state index in [1.807, 2.05) is 18.2 Å². The Balaban J connectivity index is 2.22. The summed E-state index contributed by atoms with van der Waals surface area (Å²) in [5.41, 5.74) is 8.10. The average Bonchev–Trinajstić information content (AvgIpc) is 2.84. The van der Waals surface area contributed by atoms with Gasteiger partial charge in [-0.1, -0.05) is 27.5 Å². The Hall–Kier alpha value is -1.30. The van der Waals surface area contributed by atoms with Crippen LogP contribution >= 0.6 is 38.9 Å². The molecular formula is C14H10BrClN2OS. The van der Waals surface area contributed by atoms with Crippen LogP contribution in [-0.2, 0) is 0 Å². The van der Waals surface area contributed by atoms with E-state index in [0.29, 0.717) is 16.5 Å². The lowest BCUT2D eigenvalue weighted by molar-refractivity contribution is 0.416. The highest BCUT2D eigenvalue weighted by Gasteiger charge is 2.14. The molecule has 3 nitrogen and oxygen atoms in total. The van der Waals surface area contributed by atoms with Gasteiger partial charge < -0.3 is 10.5 Å². The van der Waals surface area contributed by atoms with Gasteiger partial charge in [0.15, 0.2) is 0 Å². The second-order valence-corrected chi connectivity index (χ2v) is 6.56. The highest BCUT2D eigenvalue weighted by molar-refractivity contribution is 9.10. The van der Waals surface area contributed by atoms with Crippen molar-refractivity contribution in [3.63, 3.8) is 0 Å². The quantitative estimate of drug-likeness (QED) is 0.649. The number of hydrogen-bond acceptors (Lipinski definition) is 4. The molecule has 2 N–H and O–H groups in total. The number of aromatic nitrogens is 1. The summed E-state index contributed by atoms with van der Waals surface area (Å²) in [5.74, 6) is 0.671. The molecule has 20 heavy (non-hydrogen) atoms. The van der Waals surface area contributed by atoms with Crippen molar-refractivity contribution in [2.75, 3.05) is 12.8 Å². The molecule has 0 radical (unpaired) electrons. The summed E-state index contributed by atoms with van der Waals surface area (Å²) in [6.45, 7) is 0. The van der Waals surface area contributed by atoms with Gasteiger partial charge in [0.1, 0.15) is 10.8 Å². The molecule has 0 amide bonds. The van der Waals surface area contributed by atoms with Crippen molar-refractivity contribution < 1.29 is 4.74 Å². The zero-order valence-corrected chi connectivity index (χ0v) is 13.6. The first-order valence-electron chi connectivity index (χ1n) is 5.78. The molecule has 0 aliphatic rings. The molecular weight excluding hydrogens is 360 g/mol. The number of ether oxygens (including phenoxy) is 1. The number of rotatable bonds is 2. The molecule has 3 aromatic rings. The van der Waals surface area contributed by atoms with Crippen molar-refractivity contribution in [1.29, 1.82) is 0 Å². The van der Waals surface area contributed by atoms with Crippen LogP contribution in [0.5, 0.6) is 5.75 Å². The second-order valence-electron chi connectivity index (χ2n) is 4.21. The third kappa shape index (κ3) is 2.37. The molecule has 102 valence electrons. The Kier molecular flexibility index (Phi) is 3.58. The van der Waals surface area contributed by atoms with Gasteiger partial charge in [0.25, 0.3) is 0 Å². The SMILES string of the molecule is COc1cc(N)c(Cl)cc1-c1nc2ccc(Br)cc2s1. The maximum absolute atomic E-state index is 6.11. The van der Waals surface area contributed by atoms with Crippen LogP contribution < -0.4 is 10.5 Å². The van der Waals surface area contributed by atoms with E-state index >= 15 is 0 Å². The normalized spacial score (nSPS) is 10.9. The van der Waals surface area contributed by atoms with Gasteiger partial charge >= 0.3 is 0 Å². The van der Waals surface area contributed by atoms with Gasteiger partial charge in [-0.05, 0) is 24.3 Å². The van der Waals surface area contributed by atoms with Gasteiger partial charge in [-0.2, -0.15) is 0 Å². The molecule has 2 aromatic carbocycles. The summed E-state index contributed by atoms with van der Waals surface area (Å²) in [7, 11) is 1.61. The van der Waals surface area contributed by atoms with Crippen molar-refractivity contribution >= 4 is 54.8 Å². The summed E-state index contributed by atoms with van der Waals surface area (Å²) in [6, 6.07) is 9.51. The number of hydrogen-bond donors (Lipinski definition) is 1. The largest absolute Gasteiger partial charge is 0.496 e. The number of nitrogens with zero attached hydrogens (tertiary/aromatic N) is 1. The Labute approximate surface area is 133 Å². The summed E-state index contributed by atoms with van der Waals surface area (Å²) < 4.78 is 7.51. The number of anilines is 1. The van der Waals surface area contributed by atoms with Gasteiger partial charge in [-0.15, -0.1) is 11.3 Å². The highest BCUT2D eigenvalue weighted by Crippen LogP contribution is 2.39. The van der Waals surface area contributed by atoms with Gasteiger partial charge in [0.05, 0.1) is 33.6 Å². The minimum atomic E-state index is 0.496. The van der Waals surface area contributed by atoms with E-state index in [-0.39, 0.29) is 0 Å². The van der Waals surface area contributed by atoms with E-state index in [0.717, 1.165) is 25.3 Å². The average molecular weight is 370 g/mol. The Bertz CT molecular complexity index is 803. The molecule has 0 bridgehead atoms. The van der Waals surface area contributed by atoms with Gasteiger partial charge in [-0.25, -0.2) is 4.98 Å². The maximum Gasteiger partial charge on any atom is 0.131 e. The molecule has 0 fully saturated rings. The van der Waals surface area contributed by atoms with Crippen LogP contribution in [-0.4, -0.2) is 12.1 Å². The molecule has 1 aromatic heterocycles. The fourth-order valence-corrected chi connectivity index (χ4v) is 3.62. The van der Waals surface area contributed by atoms with E-state index in [4.69, 9.17) is 22.1 Å². The predicted octanol–water partition coefficient (Wildman–Crippen LogP) is 4.97. The van der Waals surface area contributed by atoms with Crippen molar-refractivity contribution in [3.05, 3.63) is 39.8 Å². The number of methoxy groups -OCH3 is 1. The van der Waals surface area contributed by atoms with Crippen LogP contribution in [0.3, 0.4) is 0 Å². The standard InChI is InChI=1S/C14H10BrClN2OS/c1-19-12-6-10(17)9(16)5-8(12)14-18-11-3-2-7(15)4-13(11)20-14/h2-6H,17H2,1H3. The highest BCUT2D eigenvalue weighted by atomic mass is 79.9. The van der Waals surface area contributed by atoms with Gasteiger partial charge in [0, 0.05) is 10.5 Å². The van der Waals surface area contributed by atoms with Gasteiger partial charge in [0.2, 0.25) is 0 Å². The molecule has 0 saturated heterocycles. The number of fused-ring (bicyclic) bond motifs is 1. The fourth-order valence-electron chi connectivity index (χ4n) is 1.92. The summed E-state index contributed by atoms with van der Waals surface area (Å²) in [5, 5.41) is 1.36. The monoisotopic (exact) mass is 368 g/mol. The first-order valence-corrected chi connectivity index (χ1v) is 7.76. The van der Waals surface area contributed by atoms with Crippen LogP contribution in [0.1, 0.15) is 0 Å². The molecule has 3 rings (SSSR count). The lowest BCUT2D eigenvalue weighted by Gasteiger charge is -2.08. The predicted molar refractivity (Wildman–Crippen MR) is 88.7 cm³/mol. The summed E-state index contributed by atoms with van der Waals surface area (Å²) in [4.78, 5) is 4.62. The fraction of sp³-hybridized carbons (Fsp3) is 0.0714. The third-order valence-electron chi connectivity index (χ3n) is 2.90. The van der Waals surface area contributed by atoms with Crippen molar-refractivity contribution in [3.8, 4) is 16.3 Å². The number of thiazole rings is 1. The lowest BCUT2D eigenvalue weighted by atomic mass is 10.2. The van der Waals surface area contributed by atoms with Crippen LogP contribution in [0.15, 0.2) is 34.8 Å². The molecule has 1 heterocycles. The number of benzene rings is 2. The van der Waals surface area contributed by atoms with E-state index in [2.05, 4.69) is 20.9 Å². The van der Waals surface area contributed by atoms with E-state index in [1.165, 1.54) is 0 Å². The Morgan fingerprint density at radius 3 is 2.85 bits per heavy atom. The number of halogens is 2. The van der Waals surface area contributed by atoms with Gasteiger partial charge in [-0.3, -0.25) is 0 Å². The Morgan fingerprint density at radius 2 is 2.10 bits per heavy atom. The molecule has 0 unspecified atom stereocenters.